The summed E-state index contributed by atoms with van der Waals surface area (Å²) in [4.78, 5) is 4.50. The van der Waals surface area contributed by atoms with E-state index in [2.05, 4.69) is 9.71 Å². The van der Waals surface area contributed by atoms with Crippen LogP contribution in [0, 0.1) is 19.7 Å². The highest BCUT2D eigenvalue weighted by atomic mass is 32.2. The molecule has 0 saturated heterocycles. The lowest BCUT2D eigenvalue weighted by molar-refractivity contribution is 0.603. The van der Waals surface area contributed by atoms with E-state index in [4.69, 9.17) is 0 Å². The monoisotopic (exact) mass is 358 g/mol. The van der Waals surface area contributed by atoms with Gasteiger partial charge in [-0.25, -0.2) is 12.8 Å². The lowest BCUT2D eigenvalue weighted by Crippen LogP contribution is -2.23. The van der Waals surface area contributed by atoms with E-state index in [0.717, 1.165) is 11.1 Å². The number of hydrogen-bond donors (Lipinski definition) is 1. The molecule has 1 aliphatic heterocycles. The fourth-order valence-electron chi connectivity index (χ4n) is 2.76. The predicted octanol–water partition coefficient (Wildman–Crippen LogP) is 3.71. The maximum atomic E-state index is 13.7. The second kappa shape index (κ2) is 6.44. The first kappa shape index (κ1) is 17.4. The van der Waals surface area contributed by atoms with Crippen LogP contribution in [-0.4, -0.2) is 14.3 Å². The minimum atomic E-state index is -3.68. The second-order valence-electron chi connectivity index (χ2n) is 6.11. The molecule has 0 amide bonds. The molecule has 0 fully saturated rings. The van der Waals surface area contributed by atoms with Crippen LogP contribution in [0.3, 0.4) is 0 Å². The number of amidine groups is 1. The van der Waals surface area contributed by atoms with Crippen LogP contribution in [0.25, 0.3) is 4.91 Å². The van der Waals surface area contributed by atoms with Gasteiger partial charge in [-0.2, -0.15) is 0 Å². The third kappa shape index (κ3) is 3.35. The molecule has 1 aliphatic rings. The summed E-state index contributed by atoms with van der Waals surface area (Å²) in [5.74, 6) is -0.0970. The number of aliphatic imine (C=N–C) groups is 1. The van der Waals surface area contributed by atoms with Crippen molar-refractivity contribution in [3.8, 4) is 0 Å². The Balaban J connectivity index is 2.01. The van der Waals surface area contributed by atoms with Gasteiger partial charge < -0.3 is 0 Å². The van der Waals surface area contributed by atoms with Crippen molar-refractivity contribution in [3.05, 3.63) is 76.1 Å². The van der Waals surface area contributed by atoms with Crippen LogP contribution in [0.15, 0.2) is 53.0 Å². The third-order valence-electron chi connectivity index (χ3n) is 4.33. The van der Waals surface area contributed by atoms with E-state index in [1.54, 1.807) is 31.2 Å². The zero-order chi connectivity index (χ0) is 18.2. The van der Waals surface area contributed by atoms with Gasteiger partial charge in [0.1, 0.15) is 16.6 Å². The van der Waals surface area contributed by atoms with Crippen molar-refractivity contribution in [2.45, 2.75) is 27.3 Å². The lowest BCUT2D eigenvalue weighted by atomic mass is 10.0. The Labute approximate surface area is 147 Å². The van der Waals surface area contributed by atoms with Gasteiger partial charge in [-0.15, -0.1) is 0 Å². The van der Waals surface area contributed by atoms with Crippen LogP contribution >= 0.6 is 0 Å². The molecule has 0 unspecified atom stereocenters. The van der Waals surface area contributed by atoms with Crippen LogP contribution in [0.2, 0.25) is 0 Å². The fraction of sp³-hybridized carbons (Fsp3) is 0.211. The molecule has 4 nitrogen and oxygen atoms in total. The van der Waals surface area contributed by atoms with Crippen LogP contribution in [0.1, 0.15) is 29.2 Å². The molecule has 2 aromatic rings. The standard InChI is InChI=1S/C19H19FN2O2S/c1-12-8-9-15(10-13(12)2)18-14(3)19(22-25(18,23)24)21-11-16-6-4-5-7-17(16)20/h4-10H,11H2,1-3H3,(H,21,22). The Hall–Kier alpha value is -2.47. The predicted molar refractivity (Wildman–Crippen MR) is 98.1 cm³/mol. The van der Waals surface area contributed by atoms with Crippen LogP contribution in [0.5, 0.6) is 0 Å². The zero-order valence-electron chi connectivity index (χ0n) is 14.3. The molecule has 0 spiro atoms. The summed E-state index contributed by atoms with van der Waals surface area (Å²) in [6.07, 6.45) is 0. The molecular formula is C19H19FN2O2S. The van der Waals surface area contributed by atoms with Crippen molar-refractivity contribution in [1.29, 1.82) is 0 Å². The summed E-state index contributed by atoms with van der Waals surface area (Å²) in [5, 5.41) is 0. The summed E-state index contributed by atoms with van der Waals surface area (Å²) in [6.45, 7) is 5.70. The largest absolute Gasteiger partial charge is 0.264 e. The summed E-state index contributed by atoms with van der Waals surface area (Å²) in [6, 6.07) is 11.9. The Morgan fingerprint density at radius 1 is 1.04 bits per heavy atom. The number of rotatable bonds is 3. The van der Waals surface area contributed by atoms with Crippen molar-refractivity contribution in [2.24, 2.45) is 4.99 Å². The van der Waals surface area contributed by atoms with Crippen LogP contribution in [-0.2, 0) is 16.6 Å². The lowest BCUT2D eigenvalue weighted by Gasteiger charge is -2.06. The number of hydrogen-bond acceptors (Lipinski definition) is 3. The average Bonchev–Trinajstić information content (AvgIpc) is 2.78. The Bertz CT molecular complexity index is 1010. The van der Waals surface area contributed by atoms with E-state index in [0.29, 0.717) is 16.7 Å². The van der Waals surface area contributed by atoms with Crippen molar-refractivity contribution < 1.29 is 12.8 Å². The molecule has 0 aromatic heterocycles. The molecule has 1 N–H and O–H groups in total. The molecule has 25 heavy (non-hydrogen) atoms. The van der Waals surface area contributed by atoms with Crippen molar-refractivity contribution >= 4 is 20.8 Å². The van der Waals surface area contributed by atoms with Crippen LogP contribution in [0.4, 0.5) is 4.39 Å². The maximum Gasteiger partial charge on any atom is 0.264 e. The molecule has 0 saturated carbocycles. The highest BCUT2D eigenvalue weighted by molar-refractivity contribution is 8.00. The smallest absolute Gasteiger partial charge is 0.263 e. The Kier molecular flexibility index (Phi) is 4.47. The Morgan fingerprint density at radius 3 is 2.44 bits per heavy atom. The topological polar surface area (TPSA) is 58.5 Å². The highest BCUT2D eigenvalue weighted by Crippen LogP contribution is 2.31. The summed E-state index contributed by atoms with van der Waals surface area (Å²) >= 11 is 0. The quantitative estimate of drug-likeness (QED) is 0.909. The molecule has 0 aliphatic carbocycles. The van der Waals surface area contributed by atoms with Gasteiger partial charge in [0.05, 0.1) is 6.54 Å². The van der Waals surface area contributed by atoms with E-state index >= 15 is 0 Å². The first-order valence-corrected chi connectivity index (χ1v) is 9.37. The molecular weight excluding hydrogens is 339 g/mol. The van der Waals surface area contributed by atoms with Gasteiger partial charge in [0.15, 0.2) is 0 Å². The zero-order valence-corrected chi connectivity index (χ0v) is 15.1. The second-order valence-corrected chi connectivity index (χ2v) is 7.73. The summed E-state index contributed by atoms with van der Waals surface area (Å²) in [5.41, 5.74) is 3.70. The van der Waals surface area contributed by atoms with Gasteiger partial charge in [0, 0.05) is 11.1 Å². The summed E-state index contributed by atoms with van der Waals surface area (Å²) < 4.78 is 41.3. The van der Waals surface area contributed by atoms with Gasteiger partial charge in [0.25, 0.3) is 10.0 Å². The van der Waals surface area contributed by atoms with E-state index in [9.17, 15) is 12.8 Å². The number of nitrogens with one attached hydrogen (secondary N) is 1. The van der Waals surface area contributed by atoms with E-state index in [1.807, 2.05) is 26.0 Å². The minimum absolute atomic E-state index is 0.0715. The third-order valence-corrected chi connectivity index (χ3v) is 5.87. The molecule has 6 heteroatoms. The molecule has 0 atom stereocenters. The van der Waals surface area contributed by atoms with Crippen LogP contribution < -0.4 is 4.72 Å². The molecule has 1 heterocycles. The van der Waals surface area contributed by atoms with E-state index < -0.39 is 10.0 Å². The van der Waals surface area contributed by atoms with Gasteiger partial charge in [-0.05, 0) is 43.5 Å². The van der Waals surface area contributed by atoms with E-state index in [1.165, 1.54) is 6.07 Å². The number of benzene rings is 2. The molecule has 130 valence electrons. The van der Waals surface area contributed by atoms with Gasteiger partial charge in [-0.1, -0.05) is 36.4 Å². The molecule has 0 bridgehead atoms. The molecule has 3 rings (SSSR count). The molecule has 2 aromatic carbocycles. The molecule has 0 radical (unpaired) electrons. The fourth-order valence-corrected chi connectivity index (χ4v) is 4.27. The van der Waals surface area contributed by atoms with Gasteiger partial charge >= 0.3 is 0 Å². The minimum Gasteiger partial charge on any atom is -0.263 e. The number of nitrogens with zero attached hydrogens (tertiary/aromatic N) is 1. The van der Waals surface area contributed by atoms with Gasteiger partial charge in [0.2, 0.25) is 0 Å². The highest BCUT2D eigenvalue weighted by Gasteiger charge is 2.32. The van der Waals surface area contributed by atoms with E-state index in [-0.39, 0.29) is 23.1 Å². The maximum absolute atomic E-state index is 13.7. The van der Waals surface area contributed by atoms with Crippen molar-refractivity contribution in [2.75, 3.05) is 0 Å². The Morgan fingerprint density at radius 2 is 1.76 bits per heavy atom. The first-order chi connectivity index (χ1) is 11.8. The van der Waals surface area contributed by atoms with Gasteiger partial charge in [-0.3, -0.25) is 9.71 Å². The van der Waals surface area contributed by atoms with Crippen molar-refractivity contribution in [1.82, 2.24) is 4.72 Å². The van der Waals surface area contributed by atoms with Crippen molar-refractivity contribution in [3.63, 3.8) is 0 Å². The number of halogens is 1. The average molecular weight is 358 g/mol. The normalized spacial score (nSPS) is 17.8. The first-order valence-electron chi connectivity index (χ1n) is 7.89. The number of aryl methyl sites for hydroxylation is 2. The number of sulfonamides is 1. The summed E-state index contributed by atoms with van der Waals surface area (Å²) in [7, 11) is -3.68. The SMILES string of the molecule is CC1=C(c2ccc(C)c(C)c2)S(=O)(=O)NC1=NCc1ccccc1F.